The number of carbonyl (C=O) groups is 1. The zero-order valence-electron chi connectivity index (χ0n) is 12.0. The van der Waals surface area contributed by atoms with E-state index in [2.05, 4.69) is 17.4 Å². The zero-order chi connectivity index (χ0) is 15.2. The van der Waals surface area contributed by atoms with Gasteiger partial charge in [0.1, 0.15) is 11.4 Å². The first-order valence-corrected chi connectivity index (χ1v) is 7.90. The second kappa shape index (κ2) is 7.17. The minimum atomic E-state index is -1.13. The van der Waals surface area contributed by atoms with Crippen molar-refractivity contribution in [2.75, 3.05) is 11.1 Å². The molecule has 0 unspecified atom stereocenters. The van der Waals surface area contributed by atoms with Gasteiger partial charge in [0.25, 0.3) is 0 Å². The lowest BCUT2D eigenvalue weighted by Gasteiger charge is -2.04. The van der Waals surface area contributed by atoms with E-state index < -0.39 is 6.09 Å². The van der Waals surface area contributed by atoms with Crippen LogP contribution in [0, 0.1) is 6.92 Å². The molecular weight excluding hydrogens is 288 g/mol. The average Bonchev–Trinajstić information content (AvgIpc) is 2.81. The van der Waals surface area contributed by atoms with Crippen LogP contribution in [-0.2, 0) is 5.75 Å². The maximum absolute atomic E-state index is 10.8. The van der Waals surface area contributed by atoms with Crippen molar-refractivity contribution < 1.29 is 14.4 Å². The third kappa shape index (κ3) is 4.01. The fraction of sp³-hybridized carbons (Fsp3) is 0.333. The van der Waals surface area contributed by atoms with E-state index >= 15 is 0 Å². The summed E-state index contributed by atoms with van der Waals surface area (Å²) in [7, 11) is 0. The number of hydrogen-bond donors (Lipinski definition) is 2. The monoisotopic (exact) mass is 306 g/mol. The molecule has 0 radical (unpaired) electrons. The van der Waals surface area contributed by atoms with Crippen molar-refractivity contribution in [3.63, 3.8) is 0 Å². The molecule has 1 aromatic heterocycles. The summed E-state index contributed by atoms with van der Waals surface area (Å²) >= 11 is 1.90. The van der Waals surface area contributed by atoms with E-state index in [0.29, 0.717) is 17.1 Å². The molecule has 21 heavy (non-hydrogen) atoms. The van der Waals surface area contributed by atoms with E-state index in [-0.39, 0.29) is 0 Å². The first kappa shape index (κ1) is 15.4. The van der Waals surface area contributed by atoms with E-state index in [4.69, 9.17) is 9.63 Å². The highest BCUT2D eigenvalue weighted by Gasteiger charge is 2.16. The molecule has 2 rings (SSSR count). The second-order valence-corrected chi connectivity index (χ2v) is 5.76. The molecule has 0 bridgehead atoms. The Morgan fingerprint density at radius 2 is 2.10 bits per heavy atom. The van der Waals surface area contributed by atoms with Crippen LogP contribution in [0.2, 0.25) is 0 Å². The lowest BCUT2D eigenvalue weighted by molar-refractivity contribution is 0.209. The number of hydrogen-bond acceptors (Lipinski definition) is 4. The van der Waals surface area contributed by atoms with Crippen molar-refractivity contribution in [3.8, 4) is 11.3 Å². The molecule has 0 aliphatic heterocycles. The minimum absolute atomic E-state index is 0.399. The molecule has 6 heteroatoms. The summed E-state index contributed by atoms with van der Waals surface area (Å²) in [6, 6.07) is 7.91. The van der Waals surface area contributed by atoms with Crippen LogP contribution >= 0.6 is 11.8 Å². The lowest BCUT2D eigenvalue weighted by atomic mass is 10.1. The highest BCUT2D eigenvalue weighted by atomic mass is 32.2. The van der Waals surface area contributed by atoms with Crippen LogP contribution in [0.1, 0.15) is 24.6 Å². The maximum atomic E-state index is 10.8. The number of aromatic nitrogens is 1. The average molecular weight is 306 g/mol. The third-order valence-electron chi connectivity index (χ3n) is 2.93. The molecule has 0 aliphatic rings. The zero-order valence-corrected chi connectivity index (χ0v) is 12.9. The van der Waals surface area contributed by atoms with Crippen molar-refractivity contribution in [3.05, 3.63) is 35.5 Å². The molecule has 1 amide bonds. The number of aryl methyl sites for hydroxylation is 1. The molecule has 1 aromatic carbocycles. The standard InChI is InChI=1S/C15H18N2O3S/c1-3-8-21-9-11-4-6-12(7-5-11)14-13(16-15(18)19)10(2)17-20-14/h4-7,16H,3,8-9H2,1-2H3,(H,18,19). The Bertz CT molecular complexity index is 608. The Morgan fingerprint density at radius 1 is 1.38 bits per heavy atom. The summed E-state index contributed by atoms with van der Waals surface area (Å²) in [6.07, 6.45) is 0.0414. The summed E-state index contributed by atoms with van der Waals surface area (Å²) in [5.41, 5.74) is 2.97. The van der Waals surface area contributed by atoms with Crippen LogP contribution in [0.4, 0.5) is 10.5 Å². The number of amides is 1. The van der Waals surface area contributed by atoms with Gasteiger partial charge in [-0.25, -0.2) is 4.79 Å². The predicted molar refractivity (Wildman–Crippen MR) is 84.8 cm³/mol. The maximum Gasteiger partial charge on any atom is 0.409 e. The van der Waals surface area contributed by atoms with Crippen LogP contribution < -0.4 is 5.32 Å². The Morgan fingerprint density at radius 3 is 2.71 bits per heavy atom. The first-order valence-electron chi connectivity index (χ1n) is 6.75. The van der Waals surface area contributed by atoms with Gasteiger partial charge in [0.2, 0.25) is 0 Å². The van der Waals surface area contributed by atoms with E-state index in [9.17, 15) is 4.79 Å². The van der Waals surface area contributed by atoms with Gasteiger partial charge < -0.3 is 9.63 Å². The van der Waals surface area contributed by atoms with E-state index in [0.717, 1.165) is 17.1 Å². The largest absolute Gasteiger partial charge is 0.465 e. The quantitative estimate of drug-likeness (QED) is 0.774. The molecule has 1 heterocycles. The van der Waals surface area contributed by atoms with Gasteiger partial charge in [0, 0.05) is 11.3 Å². The van der Waals surface area contributed by atoms with Gasteiger partial charge in [0.15, 0.2) is 5.76 Å². The number of benzene rings is 1. The smallest absolute Gasteiger partial charge is 0.409 e. The van der Waals surface area contributed by atoms with Crippen LogP contribution in [0.5, 0.6) is 0 Å². The van der Waals surface area contributed by atoms with Crippen molar-refractivity contribution in [1.29, 1.82) is 0 Å². The molecule has 0 saturated carbocycles. The van der Waals surface area contributed by atoms with Crippen molar-refractivity contribution in [2.24, 2.45) is 0 Å². The van der Waals surface area contributed by atoms with Crippen LogP contribution in [0.3, 0.4) is 0 Å². The van der Waals surface area contributed by atoms with Gasteiger partial charge >= 0.3 is 6.09 Å². The number of anilines is 1. The second-order valence-electron chi connectivity index (χ2n) is 4.65. The lowest BCUT2D eigenvalue weighted by Crippen LogP contribution is -2.08. The van der Waals surface area contributed by atoms with Gasteiger partial charge in [-0.15, -0.1) is 0 Å². The van der Waals surface area contributed by atoms with E-state index in [1.807, 2.05) is 36.0 Å². The summed E-state index contributed by atoms with van der Waals surface area (Å²) < 4.78 is 5.24. The normalized spacial score (nSPS) is 10.6. The van der Waals surface area contributed by atoms with E-state index in [1.54, 1.807) is 6.92 Å². The summed E-state index contributed by atoms with van der Waals surface area (Å²) in [5.74, 6) is 2.57. The van der Waals surface area contributed by atoms with E-state index in [1.165, 1.54) is 12.0 Å². The fourth-order valence-electron chi connectivity index (χ4n) is 1.91. The SMILES string of the molecule is CCCSCc1ccc(-c2onc(C)c2NC(=O)O)cc1. The van der Waals surface area contributed by atoms with Crippen molar-refractivity contribution in [1.82, 2.24) is 5.16 Å². The summed E-state index contributed by atoms with van der Waals surface area (Å²) in [5, 5.41) is 15.0. The highest BCUT2D eigenvalue weighted by molar-refractivity contribution is 7.98. The fourth-order valence-corrected chi connectivity index (χ4v) is 2.77. The minimum Gasteiger partial charge on any atom is -0.465 e. The van der Waals surface area contributed by atoms with Crippen molar-refractivity contribution >= 4 is 23.5 Å². The molecule has 2 N–H and O–H groups in total. The predicted octanol–water partition coefficient (Wildman–Crippen LogP) is 4.38. The molecule has 112 valence electrons. The number of carboxylic acid groups (broad SMARTS) is 1. The van der Waals surface area contributed by atoms with Crippen molar-refractivity contribution in [2.45, 2.75) is 26.0 Å². The summed E-state index contributed by atoms with van der Waals surface area (Å²) in [4.78, 5) is 10.8. The van der Waals surface area contributed by atoms with Gasteiger partial charge in [0.05, 0.1) is 0 Å². The Labute approximate surface area is 127 Å². The van der Waals surface area contributed by atoms with Crippen LogP contribution in [0.15, 0.2) is 28.8 Å². The first-order chi connectivity index (χ1) is 10.1. The Balaban J connectivity index is 2.17. The molecule has 0 atom stereocenters. The highest BCUT2D eigenvalue weighted by Crippen LogP contribution is 2.31. The Kier molecular flexibility index (Phi) is 5.27. The van der Waals surface area contributed by atoms with Gasteiger partial charge in [-0.2, -0.15) is 11.8 Å². The van der Waals surface area contributed by atoms with Crippen LogP contribution in [0.25, 0.3) is 11.3 Å². The number of thioether (sulfide) groups is 1. The topological polar surface area (TPSA) is 75.4 Å². The molecule has 0 fully saturated rings. The molecular formula is C15H18N2O3S. The molecule has 5 nitrogen and oxygen atoms in total. The Hall–Kier alpha value is -1.95. The number of nitrogens with zero attached hydrogens (tertiary/aromatic N) is 1. The molecule has 0 aliphatic carbocycles. The van der Waals surface area contributed by atoms with Gasteiger partial charge in [-0.05, 0) is 24.7 Å². The molecule has 0 spiro atoms. The van der Waals surface area contributed by atoms with Gasteiger partial charge in [-0.3, -0.25) is 5.32 Å². The molecule has 2 aromatic rings. The summed E-state index contributed by atoms with van der Waals surface area (Å²) in [6.45, 7) is 3.87. The third-order valence-corrected chi connectivity index (χ3v) is 4.16. The van der Waals surface area contributed by atoms with Crippen LogP contribution in [-0.4, -0.2) is 22.1 Å². The van der Waals surface area contributed by atoms with Gasteiger partial charge in [-0.1, -0.05) is 36.3 Å². The number of nitrogens with one attached hydrogen (secondary N) is 1. The number of rotatable bonds is 6. The molecule has 0 saturated heterocycles.